The van der Waals surface area contributed by atoms with Crippen molar-refractivity contribution < 1.29 is 4.79 Å². The molecule has 5 heteroatoms. The van der Waals surface area contributed by atoms with Crippen LogP contribution in [0.2, 0.25) is 0 Å². The largest absolute Gasteiger partial charge is 0.341 e. The Hall–Kier alpha value is -1.88. The van der Waals surface area contributed by atoms with Crippen molar-refractivity contribution in [3.8, 4) is 0 Å². The van der Waals surface area contributed by atoms with E-state index in [0.717, 1.165) is 16.6 Å². The van der Waals surface area contributed by atoms with Gasteiger partial charge in [0.25, 0.3) is 0 Å². The predicted octanol–water partition coefficient (Wildman–Crippen LogP) is 0.881. The van der Waals surface area contributed by atoms with E-state index in [9.17, 15) is 4.79 Å². The predicted molar refractivity (Wildman–Crippen MR) is 70.9 cm³/mol. The van der Waals surface area contributed by atoms with E-state index in [2.05, 4.69) is 4.98 Å². The van der Waals surface area contributed by atoms with Gasteiger partial charge in [0.1, 0.15) is 0 Å². The summed E-state index contributed by atoms with van der Waals surface area (Å²) in [7, 11) is 3.76. The van der Waals surface area contributed by atoms with Crippen LogP contribution in [-0.4, -0.2) is 34.0 Å². The number of amides is 1. The molecule has 0 spiro atoms. The van der Waals surface area contributed by atoms with Gasteiger partial charge in [-0.25, -0.2) is 4.98 Å². The number of fused-ring (bicyclic) bond motifs is 1. The van der Waals surface area contributed by atoms with Crippen molar-refractivity contribution in [3.05, 3.63) is 30.1 Å². The van der Waals surface area contributed by atoms with E-state index in [4.69, 9.17) is 5.73 Å². The number of rotatable bonds is 4. The molecule has 1 heterocycles. The maximum absolute atomic E-state index is 11.6. The van der Waals surface area contributed by atoms with Gasteiger partial charge in [0.05, 0.1) is 17.4 Å². The van der Waals surface area contributed by atoms with Crippen LogP contribution < -0.4 is 5.73 Å². The van der Waals surface area contributed by atoms with E-state index in [1.165, 1.54) is 0 Å². The fourth-order valence-corrected chi connectivity index (χ4v) is 1.96. The Labute approximate surface area is 106 Å². The lowest BCUT2D eigenvalue weighted by Gasteiger charge is -2.16. The molecule has 0 bridgehead atoms. The number of hydrogen-bond acceptors (Lipinski definition) is 3. The van der Waals surface area contributed by atoms with E-state index >= 15 is 0 Å². The van der Waals surface area contributed by atoms with Crippen molar-refractivity contribution in [1.82, 2.24) is 14.5 Å². The second-order valence-corrected chi connectivity index (χ2v) is 4.47. The highest BCUT2D eigenvalue weighted by molar-refractivity contribution is 5.77. The average molecular weight is 246 g/mol. The summed E-state index contributed by atoms with van der Waals surface area (Å²) in [6, 6.07) is 6.07. The SMILES string of the molecule is CN(Cc1ccc2c(c1)ncn2C)C(=O)CCN. The zero-order valence-electron chi connectivity index (χ0n) is 10.8. The Balaban J connectivity index is 2.14. The Kier molecular flexibility index (Phi) is 3.62. The summed E-state index contributed by atoms with van der Waals surface area (Å²) in [5, 5.41) is 0. The molecule has 18 heavy (non-hydrogen) atoms. The monoisotopic (exact) mass is 246 g/mol. The molecule has 2 N–H and O–H groups in total. The first-order chi connectivity index (χ1) is 8.61. The van der Waals surface area contributed by atoms with Gasteiger partial charge in [-0.05, 0) is 17.7 Å². The molecular weight excluding hydrogens is 228 g/mol. The van der Waals surface area contributed by atoms with Gasteiger partial charge < -0.3 is 15.2 Å². The standard InChI is InChI=1S/C13H18N4O/c1-16(13(18)5-6-14)8-10-3-4-12-11(7-10)15-9-17(12)2/h3-4,7,9H,5-6,8,14H2,1-2H3. The molecule has 5 nitrogen and oxygen atoms in total. The third-order valence-corrected chi connectivity index (χ3v) is 2.99. The minimum absolute atomic E-state index is 0.0682. The fourth-order valence-electron chi connectivity index (χ4n) is 1.96. The summed E-state index contributed by atoms with van der Waals surface area (Å²) >= 11 is 0. The molecular formula is C13H18N4O. The molecule has 0 saturated heterocycles. The topological polar surface area (TPSA) is 64.2 Å². The Morgan fingerprint density at radius 1 is 1.50 bits per heavy atom. The quantitative estimate of drug-likeness (QED) is 0.871. The third-order valence-electron chi connectivity index (χ3n) is 2.99. The van der Waals surface area contributed by atoms with Crippen LogP contribution in [0.15, 0.2) is 24.5 Å². The Bertz CT molecular complexity index is 561. The maximum atomic E-state index is 11.6. The van der Waals surface area contributed by atoms with E-state index in [-0.39, 0.29) is 5.91 Å². The minimum Gasteiger partial charge on any atom is -0.341 e. The molecule has 0 saturated carbocycles. The fraction of sp³-hybridized carbons (Fsp3) is 0.385. The first kappa shape index (κ1) is 12.6. The van der Waals surface area contributed by atoms with E-state index in [1.807, 2.05) is 29.8 Å². The molecule has 0 aliphatic rings. The van der Waals surface area contributed by atoms with E-state index < -0.39 is 0 Å². The van der Waals surface area contributed by atoms with Crippen molar-refractivity contribution in [3.63, 3.8) is 0 Å². The Morgan fingerprint density at radius 2 is 2.28 bits per heavy atom. The maximum Gasteiger partial charge on any atom is 0.223 e. The van der Waals surface area contributed by atoms with Crippen molar-refractivity contribution in [2.24, 2.45) is 12.8 Å². The highest BCUT2D eigenvalue weighted by atomic mass is 16.2. The van der Waals surface area contributed by atoms with Crippen molar-refractivity contribution >= 4 is 16.9 Å². The molecule has 96 valence electrons. The first-order valence-corrected chi connectivity index (χ1v) is 5.96. The molecule has 1 amide bonds. The van der Waals surface area contributed by atoms with Crippen molar-refractivity contribution in [2.45, 2.75) is 13.0 Å². The number of carbonyl (C=O) groups is 1. The molecule has 1 aromatic heterocycles. The minimum atomic E-state index is 0.0682. The van der Waals surface area contributed by atoms with Crippen LogP contribution in [-0.2, 0) is 18.4 Å². The average Bonchev–Trinajstić information content (AvgIpc) is 2.71. The summed E-state index contributed by atoms with van der Waals surface area (Å²) < 4.78 is 1.97. The van der Waals surface area contributed by atoms with Gasteiger partial charge in [0.15, 0.2) is 0 Å². The summed E-state index contributed by atoms with van der Waals surface area (Å²) in [5.74, 6) is 0.0682. The molecule has 0 radical (unpaired) electrons. The molecule has 0 aliphatic heterocycles. The number of nitrogens with zero attached hydrogens (tertiary/aromatic N) is 3. The zero-order chi connectivity index (χ0) is 13.1. The second-order valence-electron chi connectivity index (χ2n) is 4.47. The first-order valence-electron chi connectivity index (χ1n) is 5.96. The zero-order valence-corrected chi connectivity index (χ0v) is 10.8. The molecule has 0 atom stereocenters. The summed E-state index contributed by atoms with van der Waals surface area (Å²) in [6.45, 7) is 0.980. The van der Waals surface area contributed by atoms with Gasteiger partial charge in [0, 0.05) is 33.6 Å². The van der Waals surface area contributed by atoms with Gasteiger partial charge in [-0.15, -0.1) is 0 Å². The molecule has 0 unspecified atom stereocenters. The van der Waals surface area contributed by atoms with Gasteiger partial charge in [0.2, 0.25) is 5.91 Å². The van der Waals surface area contributed by atoms with Crippen LogP contribution in [0.5, 0.6) is 0 Å². The lowest BCUT2D eigenvalue weighted by atomic mass is 10.2. The number of aryl methyl sites for hydroxylation is 1. The molecule has 0 aliphatic carbocycles. The number of imidazole rings is 1. The molecule has 2 rings (SSSR count). The molecule has 1 aromatic carbocycles. The lowest BCUT2D eigenvalue weighted by molar-refractivity contribution is -0.130. The molecule has 2 aromatic rings. The van der Waals surface area contributed by atoms with Crippen LogP contribution in [0, 0.1) is 0 Å². The number of hydrogen-bond donors (Lipinski definition) is 1. The number of benzene rings is 1. The van der Waals surface area contributed by atoms with Crippen LogP contribution >= 0.6 is 0 Å². The van der Waals surface area contributed by atoms with Crippen molar-refractivity contribution in [2.75, 3.05) is 13.6 Å². The van der Waals surface area contributed by atoms with Crippen molar-refractivity contribution in [1.29, 1.82) is 0 Å². The van der Waals surface area contributed by atoms with Crippen LogP contribution in [0.4, 0.5) is 0 Å². The van der Waals surface area contributed by atoms with Gasteiger partial charge in [-0.1, -0.05) is 6.07 Å². The summed E-state index contributed by atoms with van der Waals surface area (Å²) in [5.41, 5.74) is 8.50. The summed E-state index contributed by atoms with van der Waals surface area (Å²) in [6.07, 6.45) is 2.18. The second kappa shape index (κ2) is 5.18. The summed E-state index contributed by atoms with van der Waals surface area (Å²) in [4.78, 5) is 17.6. The van der Waals surface area contributed by atoms with Gasteiger partial charge in [-0.2, -0.15) is 0 Å². The van der Waals surface area contributed by atoms with Crippen LogP contribution in [0.3, 0.4) is 0 Å². The highest BCUT2D eigenvalue weighted by Crippen LogP contribution is 2.15. The normalized spacial score (nSPS) is 10.8. The van der Waals surface area contributed by atoms with Crippen LogP contribution in [0.25, 0.3) is 11.0 Å². The van der Waals surface area contributed by atoms with E-state index in [0.29, 0.717) is 19.5 Å². The lowest BCUT2D eigenvalue weighted by Crippen LogP contribution is -2.27. The van der Waals surface area contributed by atoms with E-state index in [1.54, 1.807) is 18.3 Å². The molecule has 0 fully saturated rings. The Morgan fingerprint density at radius 3 is 3.00 bits per heavy atom. The van der Waals surface area contributed by atoms with Gasteiger partial charge >= 0.3 is 0 Å². The number of aromatic nitrogens is 2. The number of carbonyl (C=O) groups excluding carboxylic acids is 1. The number of nitrogens with two attached hydrogens (primary N) is 1. The van der Waals surface area contributed by atoms with Gasteiger partial charge in [-0.3, -0.25) is 4.79 Å². The third kappa shape index (κ3) is 2.51. The highest BCUT2D eigenvalue weighted by Gasteiger charge is 2.09. The smallest absolute Gasteiger partial charge is 0.223 e. The van der Waals surface area contributed by atoms with Crippen LogP contribution in [0.1, 0.15) is 12.0 Å².